The van der Waals surface area contributed by atoms with Gasteiger partial charge in [0.25, 0.3) is 0 Å². The molecule has 124 valence electrons. The van der Waals surface area contributed by atoms with E-state index in [1.54, 1.807) is 11.3 Å². The van der Waals surface area contributed by atoms with E-state index in [2.05, 4.69) is 4.72 Å². The van der Waals surface area contributed by atoms with Crippen molar-refractivity contribution < 1.29 is 17.2 Å². The molecule has 1 aromatic heterocycles. The molecule has 7 heteroatoms. The molecule has 2 aromatic rings. The van der Waals surface area contributed by atoms with Crippen molar-refractivity contribution in [3.63, 3.8) is 0 Å². The molecule has 0 unspecified atom stereocenters. The second-order valence-corrected chi connectivity index (χ2v) is 8.36. The Morgan fingerprint density at radius 2 is 1.78 bits per heavy atom. The van der Waals surface area contributed by atoms with E-state index in [4.69, 9.17) is 0 Å². The van der Waals surface area contributed by atoms with Crippen LogP contribution in [0.25, 0.3) is 0 Å². The summed E-state index contributed by atoms with van der Waals surface area (Å²) in [5.41, 5.74) is 0.811. The van der Waals surface area contributed by atoms with Crippen LogP contribution in [0.1, 0.15) is 31.2 Å². The zero-order valence-electron chi connectivity index (χ0n) is 12.4. The van der Waals surface area contributed by atoms with E-state index in [1.165, 1.54) is 0 Å². The van der Waals surface area contributed by atoms with Crippen molar-refractivity contribution in [2.75, 3.05) is 6.54 Å². The van der Waals surface area contributed by atoms with Crippen LogP contribution >= 0.6 is 11.3 Å². The van der Waals surface area contributed by atoms with Crippen molar-refractivity contribution in [1.82, 2.24) is 4.72 Å². The SMILES string of the molecule is O=S(=O)(NCC1(c2ccsc2)CCCC1)c1c(F)cccc1F. The summed E-state index contributed by atoms with van der Waals surface area (Å²) >= 11 is 1.56. The van der Waals surface area contributed by atoms with Gasteiger partial charge in [-0.05, 0) is 47.4 Å². The van der Waals surface area contributed by atoms with Gasteiger partial charge in [-0.3, -0.25) is 0 Å². The molecule has 1 aliphatic carbocycles. The lowest BCUT2D eigenvalue weighted by molar-refractivity contribution is 0.431. The maximum absolute atomic E-state index is 13.8. The van der Waals surface area contributed by atoms with Crippen LogP contribution in [-0.4, -0.2) is 15.0 Å². The van der Waals surface area contributed by atoms with Crippen LogP contribution in [0.2, 0.25) is 0 Å². The third-order valence-electron chi connectivity index (χ3n) is 4.48. The summed E-state index contributed by atoms with van der Waals surface area (Å²) in [5.74, 6) is -2.15. The van der Waals surface area contributed by atoms with Gasteiger partial charge < -0.3 is 0 Å². The fourth-order valence-electron chi connectivity index (χ4n) is 3.23. The fraction of sp³-hybridized carbons (Fsp3) is 0.375. The van der Waals surface area contributed by atoms with Crippen LogP contribution in [0.15, 0.2) is 39.9 Å². The lowest BCUT2D eigenvalue weighted by atomic mass is 9.81. The first kappa shape index (κ1) is 16.5. The summed E-state index contributed by atoms with van der Waals surface area (Å²) in [6.45, 7) is 0.153. The Kier molecular flexibility index (Phi) is 4.53. The third kappa shape index (κ3) is 3.18. The molecule has 1 aromatic carbocycles. The quantitative estimate of drug-likeness (QED) is 0.884. The fourth-order valence-corrected chi connectivity index (χ4v) is 5.27. The molecular formula is C16H17F2NO2S2. The van der Waals surface area contributed by atoms with Crippen molar-refractivity contribution in [1.29, 1.82) is 0 Å². The number of nitrogens with one attached hydrogen (secondary N) is 1. The van der Waals surface area contributed by atoms with Crippen LogP contribution in [0, 0.1) is 11.6 Å². The molecule has 0 aliphatic heterocycles. The molecular weight excluding hydrogens is 340 g/mol. The molecule has 1 aliphatic rings. The summed E-state index contributed by atoms with van der Waals surface area (Å²) in [5, 5.41) is 3.98. The maximum atomic E-state index is 13.8. The third-order valence-corrected chi connectivity index (χ3v) is 6.62. The van der Waals surface area contributed by atoms with Crippen molar-refractivity contribution in [3.05, 3.63) is 52.2 Å². The van der Waals surface area contributed by atoms with Gasteiger partial charge in [-0.1, -0.05) is 18.9 Å². The van der Waals surface area contributed by atoms with Gasteiger partial charge in [0.1, 0.15) is 11.6 Å². The Morgan fingerprint density at radius 3 is 2.35 bits per heavy atom. The van der Waals surface area contributed by atoms with Crippen LogP contribution in [0.3, 0.4) is 0 Å². The second-order valence-electron chi connectivity index (χ2n) is 5.87. The first-order valence-corrected chi connectivity index (χ1v) is 9.84. The highest BCUT2D eigenvalue weighted by Crippen LogP contribution is 2.41. The molecule has 1 N–H and O–H groups in total. The zero-order chi connectivity index (χ0) is 16.5. The van der Waals surface area contributed by atoms with E-state index in [1.807, 2.05) is 16.8 Å². The van der Waals surface area contributed by atoms with Gasteiger partial charge in [-0.25, -0.2) is 21.9 Å². The molecule has 1 fully saturated rings. The minimum absolute atomic E-state index is 0.153. The highest BCUT2D eigenvalue weighted by atomic mass is 32.2. The standard InChI is InChI=1S/C16H17F2NO2S2/c17-13-4-3-5-14(18)15(13)23(20,21)19-11-16(7-1-2-8-16)12-6-9-22-10-12/h3-6,9-10,19H,1-2,7-8,11H2. The van der Waals surface area contributed by atoms with E-state index in [-0.39, 0.29) is 12.0 Å². The largest absolute Gasteiger partial charge is 0.246 e. The van der Waals surface area contributed by atoms with E-state index >= 15 is 0 Å². The lowest BCUT2D eigenvalue weighted by Gasteiger charge is -2.28. The average molecular weight is 357 g/mol. The van der Waals surface area contributed by atoms with Crippen LogP contribution in [0.4, 0.5) is 8.78 Å². The number of benzene rings is 1. The monoisotopic (exact) mass is 357 g/mol. The number of hydrogen-bond acceptors (Lipinski definition) is 3. The van der Waals surface area contributed by atoms with E-state index < -0.39 is 26.6 Å². The normalized spacial score (nSPS) is 17.5. The Bertz CT molecular complexity index is 762. The van der Waals surface area contributed by atoms with Gasteiger partial charge in [-0.2, -0.15) is 11.3 Å². The first-order chi connectivity index (χ1) is 10.9. The Morgan fingerprint density at radius 1 is 1.13 bits per heavy atom. The van der Waals surface area contributed by atoms with E-state index in [0.717, 1.165) is 49.4 Å². The Balaban J connectivity index is 1.87. The number of hydrogen-bond donors (Lipinski definition) is 1. The highest BCUT2D eigenvalue weighted by molar-refractivity contribution is 7.89. The smallest absolute Gasteiger partial charge is 0.210 e. The first-order valence-electron chi connectivity index (χ1n) is 7.41. The predicted molar refractivity (Wildman–Crippen MR) is 86.0 cm³/mol. The van der Waals surface area contributed by atoms with Gasteiger partial charge >= 0.3 is 0 Å². The van der Waals surface area contributed by atoms with E-state index in [0.29, 0.717) is 0 Å². The molecule has 1 saturated carbocycles. The van der Waals surface area contributed by atoms with Crippen molar-refractivity contribution in [2.24, 2.45) is 0 Å². The molecule has 0 radical (unpaired) electrons. The second kappa shape index (κ2) is 6.30. The van der Waals surface area contributed by atoms with Crippen LogP contribution in [-0.2, 0) is 15.4 Å². The van der Waals surface area contributed by atoms with Gasteiger partial charge in [0.2, 0.25) is 10.0 Å². The van der Waals surface area contributed by atoms with Gasteiger partial charge in [0.05, 0.1) is 0 Å². The molecule has 0 bridgehead atoms. The molecule has 1 heterocycles. The summed E-state index contributed by atoms with van der Waals surface area (Å²) in [6, 6.07) is 5.03. The predicted octanol–water partition coefficient (Wildman–Crippen LogP) is 3.82. The molecule has 0 atom stereocenters. The van der Waals surface area contributed by atoms with Crippen molar-refractivity contribution in [2.45, 2.75) is 36.0 Å². The molecule has 3 nitrogen and oxygen atoms in total. The molecule has 0 saturated heterocycles. The van der Waals surface area contributed by atoms with Crippen molar-refractivity contribution in [3.8, 4) is 0 Å². The average Bonchev–Trinajstić information content (AvgIpc) is 3.17. The molecule has 0 spiro atoms. The molecule has 0 amide bonds. The topological polar surface area (TPSA) is 46.2 Å². The summed E-state index contributed by atoms with van der Waals surface area (Å²) < 4.78 is 54.6. The highest BCUT2D eigenvalue weighted by Gasteiger charge is 2.37. The summed E-state index contributed by atoms with van der Waals surface area (Å²) in [7, 11) is -4.23. The number of halogens is 2. The Labute approximate surface area is 138 Å². The van der Waals surface area contributed by atoms with Gasteiger partial charge in [0.15, 0.2) is 4.90 Å². The molecule has 3 rings (SSSR count). The zero-order valence-corrected chi connectivity index (χ0v) is 14.0. The molecule has 23 heavy (non-hydrogen) atoms. The minimum atomic E-state index is -4.23. The van der Waals surface area contributed by atoms with Gasteiger partial charge in [0, 0.05) is 12.0 Å². The summed E-state index contributed by atoms with van der Waals surface area (Å²) in [4.78, 5) is -0.904. The number of rotatable bonds is 5. The summed E-state index contributed by atoms with van der Waals surface area (Å²) in [6.07, 6.45) is 3.77. The minimum Gasteiger partial charge on any atom is -0.210 e. The number of sulfonamides is 1. The maximum Gasteiger partial charge on any atom is 0.246 e. The van der Waals surface area contributed by atoms with E-state index in [9.17, 15) is 17.2 Å². The van der Waals surface area contributed by atoms with Crippen molar-refractivity contribution >= 4 is 21.4 Å². The van der Waals surface area contributed by atoms with Crippen LogP contribution in [0.5, 0.6) is 0 Å². The number of thiophene rings is 1. The van der Waals surface area contributed by atoms with Crippen LogP contribution < -0.4 is 4.72 Å². The lowest BCUT2D eigenvalue weighted by Crippen LogP contribution is -2.39. The Hall–Kier alpha value is -1.31. The van der Waals surface area contributed by atoms with Gasteiger partial charge in [-0.15, -0.1) is 0 Å².